The number of alkyl halides is 2. The Morgan fingerprint density at radius 2 is 2.17 bits per heavy atom. The standard InChI is InChI=1S/C12H22F2N2O2/c1-4-18-11(17)12(15-2,9-5-6-9)8-16(3)7-10(13)14/h9-10,15H,4-8H2,1-3H3. The molecule has 0 saturated heterocycles. The summed E-state index contributed by atoms with van der Waals surface area (Å²) in [6, 6.07) is 0. The Labute approximate surface area is 107 Å². The summed E-state index contributed by atoms with van der Waals surface area (Å²) in [5, 5.41) is 3.01. The normalized spacial score (nSPS) is 19.1. The van der Waals surface area contributed by atoms with Crippen molar-refractivity contribution in [3.05, 3.63) is 0 Å². The molecule has 1 unspecified atom stereocenters. The molecule has 0 bridgehead atoms. The second-order valence-electron chi connectivity index (χ2n) is 4.80. The molecule has 1 fully saturated rings. The van der Waals surface area contributed by atoms with Gasteiger partial charge in [-0.15, -0.1) is 0 Å². The maximum atomic E-state index is 12.4. The van der Waals surface area contributed by atoms with Gasteiger partial charge in [0.1, 0.15) is 5.54 Å². The van der Waals surface area contributed by atoms with E-state index in [0.29, 0.717) is 6.61 Å². The first kappa shape index (κ1) is 15.3. The number of nitrogens with zero attached hydrogens (tertiary/aromatic N) is 1. The number of carbonyl (C=O) groups excluding carboxylic acids is 1. The Kier molecular flexibility index (Phi) is 5.47. The quantitative estimate of drug-likeness (QED) is 0.667. The summed E-state index contributed by atoms with van der Waals surface area (Å²) in [4.78, 5) is 13.6. The SMILES string of the molecule is CCOC(=O)C(CN(C)CC(F)F)(NC)C1CC1. The average molecular weight is 264 g/mol. The van der Waals surface area contributed by atoms with Crippen LogP contribution in [0.1, 0.15) is 19.8 Å². The first-order chi connectivity index (χ1) is 8.46. The summed E-state index contributed by atoms with van der Waals surface area (Å²) in [6.07, 6.45) is -0.532. The van der Waals surface area contributed by atoms with Crippen LogP contribution < -0.4 is 5.32 Å². The van der Waals surface area contributed by atoms with Gasteiger partial charge in [0.2, 0.25) is 0 Å². The Hall–Kier alpha value is -0.750. The summed E-state index contributed by atoms with van der Waals surface area (Å²) >= 11 is 0. The van der Waals surface area contributed by atoms with Gasteiger partial charge in [-0.3, -0.25) is 4.90 Å². The van der Waals surface area contributed by atoms with Crippen molar-refractivity contribution in [2.24, 2.45) is 5.92 Å². The summed E-state index contributed by atoms with van der Waals surface area (Å²) in [5.41, 5.74) is -0.848. The number of hydrogen-bond donors (Lipinski definition) is 1. The van der Waals surface area contributed by atoms with E-state index in [1.807, 2.05) is 0 Å². The minimum atomic E-state index is -2.40. The molecule has 1 atom stereocenters. The number of halogens is 2. The topological polar surface area (TPSA) is 41.6 Å². The van der Waals surface area contributed by atoms with E-state index in [-0.39, 0.29) is 25.0 Å². The fraction of sp³-hybridized carbons (Fsp3) is 0.917. The van der Waals surface area contributed by atoms with Crippen LogP contribution in [0.25, 0.3) is 0 Å². The van der Waals surface area contributed by atoms with Gasteiger partial charge in [-0.25, -0.2) is 13.6 Å². The molecule has 1 aliphatic carbocycles. The van der Waals surface area contributed by atoms with E-state index in [4.69, 9.17) is 4.74 Å². The van der Waals surface area contributed by atoms with Crippen molar-refractivity contribution in [3.63, 3.8) is 0 Å². The highest BCUT2D eigenvalue weighted by atomic mass is 19.3. The molecule has 106 valence electrons. The van der Waals surface area contributed by atoms with E-state index < -0.39 is 12.0 Å². The molecule has 0 heterocycles. The van der Waals surface area contributed by atoms with Crippen LogP contribution in [-0.2, 0) is 9.53 Å². The minimum absolute atomic E-state index is 0.182. The first-order valence-corrected chi connectivity index (χ1v) is 6.29. The van der Waals surface area contributed by atoms with Crippen molar-refractivity contribution in [2.45, 2.75) is 31.7 Å². The largest absolute Gasteiger partial charge is 0.465 e. The molecule has 6 heteroatoms. The number of carbonyl (C=O) groups is 1. The number of nitrogens with one attached hydrogen (secondary N) is 1. The third-order valence-electron chi connectivity index (χ3n) is 3.33. The van der Waals surface area contributed by atoms with Gasteiger partial charge >= 0.3 is 5.97 Å². The maximum Gasteiger partial charge on any atom is 0.327 e. The lowest BCUT2D eigenvalue weighted by molar-refractivity contribution is -0.153. The van der Waals surface area contributed by atoms with Crippen LogP contribution >= 0.6 is 0 Å². The van der Waals surface area contributed by atoms with Gasteiger partial charge in [0.15, 0.2) is 0 Å². The number of rotatable bonds is 8. The first-order valence-electron chi connectivity index (χ1n) is 6.29. The van der Waals surface area contributed by atoms with Crippen molar-refractivity contribution in [1.82, 2.24) is 10.2 Å². The van der Waals surface area contributed by atoms with Gasteiger partial charge in [-0.1, -0.05) is 0 Å². The number of hydrogen-bond acceptors (Lipinski definition) is 4. The smallest absolute Gasteiger partial charge is 0.327 e. The summed E-state index contributed by atoms with van der Waals surface area (Å²) in [7, 11) is 3.28. The van der Waals surface area contributed by atoms with Gasteiger partial charge in [-0.2, -0.15) is 0 Å². The molecule has 1 rings (SSSR count). The predicted molar refractivity (Wildman–Crippen MR) is 64.6 cm³/mol. The van der Waals surface area contributed by atoms with E-state index in [1.165, 1.54) is 4.90 Å². The highest BCUT2D eigenvalue weighted by Crippen LogP contribution is 2.40. The van der Waals surface area contributed by atoms with Crippen molar-refractivity contribution < 1.29 is 18.3 Å². The van der Waals surface area contributed by atoms with Crippen LogP contribution in [0.3, 0.4) is 0 Å². The molecule has 1 N–H and O–H groups in total. The third-order valence-corrected chi connectivity index (χ3v) is 3.33. The van der Waals surface area contributed by atoms with Crippen LogP contribution in [-0.4, -0.2) is 56.6 Å². The van der Waals surface area contributed by atoms with Gasteiger partial charge < -0.3 is 10.1 Å². The number of likely N-dealkylation sites (N-methyl/N-ethyl adjacent to an activating group) is 2. The lowest BCUT2D eigenvalue weighted by Gasteiger charge is -2.35. The molecule has 1 aliphatic rings. The second-order valence-corrected chi connectivity index (χ2v) is 4.80. The van der Waals surface area contributed by atoms with E-state index in [9.17, 15) is 13.6 Å². The zero-order chi connectivity index (χ0) is 13.8. The van der Waals surface area contributed by atoms with Crippen molar-refractivity contribution in [2.75, 3.05) is 33.8 Å². The summed E-state index contributed by atoms with van der Waals surface area (Å²) in [5.74, 6) is -0.155. The zero-order valence-corrected chi connectivity index (χ0v) is 11.2. The van der Waals surface area contributed by atoms with E-state index in [0.717, 1.165) is 12.8 Å². The van der Waals surface area contributed by atoms with E-state index in [2.05, 4.69) is 5.32 Å². The van der Waals surface area contributed by atoms with Crippen LogP contribution in [0, 0.1) is 5.92 Å². The molecule has 0 spiro atoms. The summed E-state index contributed by atoms with van der Waals surface area (Å²) in [6.45, 7) is 1.95. The van der Waals surface area contributed by atoms with Gasteiger partial charge in [0, 0.05) is 6.54 Å². The van der Waals surface area contributed by atoms with Crippen LogP contribution in [0.4, 0.5) is 8.78 Å². The predicted octanol–water partition coefficient (Wildman–Crippen LogP) is 1.11. The molecule has 0 aliphatic heterocycles. The molecule has 4 nitrogen and oxygen atoms in total. The highest BCUT2D eigenvalue weighted by Gasteiger charge is 2.51. The van der Waals surface area contributed by atoms with Crippen LogP contribution in [0.5, 0.6) is 0 Å². The van der Waals surface area contributed by atoms with Crippen molar-refractivity contribution in [3.8, 4) is 0 Å². The van der Waals surface area contributed by atoms with E-state index >= 15 is 0 Å². The fourth-order valence-electron chi connectivity index (χ4n) is 2.31. The van der Waals surface area contributed by atoms with E-state index in [1.54, 1.807) is 21.0 Å². The lowest BCUT2D eigenvalue weighted by atomic mass is 9.92. The molecule has 1 saturated carbocycles. The molecule has 0 radical (unpaired) electrons. The highest BCUT2D eigenvalue weighted by molar-refractivity contribution is 5.82. The van der Waals surface area contributed by atoms with Crippen LogP contribution in [0.2, 0.25) is 0 Å². The zero-order valence-electron chi connectivity index (χ0n) is 11.2. The monoisotopic (exact) mass is 264 g/mol. The third kappa shape index (κ3) is 3.62. The van der Waals surface area contributed by atoms with Gasteiger partial charge in [0.25, 0.3) is 6.43 Å². The fourth-order valence-corrected chi connectivity index (χ4v) is 2.31. The van der Waals surface area contributed by atoms with Gasteiger partial charge in [-0.05, 0) is 39.8 Å². The molecule has 0 amide bonds. The Balaban J connectivity index is 2.73. The Bertz CT molecular complexity index is 285. The molecule has 0 aromatic carbocycles. The summed E-state index contributed by atoms with van der Waals surface area (Å²) < 4.78 is 29.8. The average Bonchev–Trinajstić information content (AvgIpc) is 3.09. The minimum Gasteiger partial charge on any atom is -0.465 e. The Morgan fingerprint density at radius 1 is 1.56 bits per heavy atom. The maximum absolute atomic E-state index is 12.4. The lowest BCUT2D eigenvalue weighted by Crippen LogP contribution is -2.60. The molecular weight excluding hydrogens is 242 g/mol. The van der Waals surface area contributed by atoms with Gasteiger partial charge in [0.05, 0.1) is 13.2 Å². The molecule has 0 aromatic heterocycles. The second kappa shape index (κ2) is 6.43. The number of ether oxygens (including phenoxy) is 1. The van der Waals surface area contributed by atoms with Crippen molar-refractivity contribution >= 4 is 5.97 Å². The van der Waals surface area contributed by atoms with Crippen LogP contribution in [0.15, 0.2) is 0 Å². The van der Waals surface area contributed by atoms with Crippen molar-refractivity contribution in [1.29, 1.82) is 0 Å². The molecule has 18 heavy (non-hydrogen) atoms. The molecule has 0 aromatic rings. The number of esters is 1. The Morgan fingerprint density at radius 3 is 2.56 bits per heavy atom. The molecular formula is C12H22F2N2O2.